The number of aromatic amines is 1. The van der Waals surface area contributed by atoms with Crippen LogP contribution in [0, 0.1) is 0 Å². The standard InChI is InChI=1S/C14H20N4O4S/c1-10(2)18-13(14(19)22-17-18)9-16-8-7-11-3-5-12(6-4-11)23(15,20)21/h3-6,10,16H,7-9H2,1-2H3,(H2-,15,17,19,20,21)/p+1. The zero-order valence-electron chi connectivity index (χ0n) is 13.1. The molecule has 0 bridgehead atoms. The summed E-state index contributed by atoms with van der Waals surface area (Å²) in [6.07, 6.45) is 0.697. The minimum Gasteiger partial charge on any atom is -0.307 e. The molecule has 0 unspecified atom stereocenters. The lowest BCUT2D eigenvalue weighted by Gasteiger charge is -2.04. The predicted molar refractivity (Wildman–Crippen MR) is 83.1 cm³/mol. The second-order valence-corrected chi connectivity index (χ2v) is 7.07. The predicted octanol–water partition coefficient (Wildman–Crippen LogP) is -0.184. The van der Waals surface area contributed by atoms with Crippen molar-refractivity contribution in [3.63, 3.8) is 0 Å². The second kappa shape index (κ2) is 7.07. The topological polar surface area (TPSA) is 122 Å². The summed E-state index contributed by atoms with van der Waals surface area (Å²) >= 11 is 0. The van der Waals surface area contributed by atoms with E-state index in [1.165, 1.54) is 12.1 Å². The first kappa shape index (κ1) is 17.4. The molecule has 9 heteroatoms. The molecule has 23 heavy (non-hydrogen) atoms. The van der Waals surface area contributed by atoms with Gasteiger partial charge in [-0.25, -0.2) is 18.4 Å². The van der Waals surface area contributed by atoms with Crippen LogP contribution in [0.1, 0.15) is 31.1 Å². The van der Waals surface area contributed by atoms with Gasteiger partial charge in [0.25, 0.3) is 0 Å². The average molecular weight is 341 g/mol. The molecule has 1 aromatic carbocycles. The monoisotopic (exact) mass is 341 g/mol. The Balaban J connectivity index is 1.89. The summed E-state index contributed by atoms with van der Waals surface area (Å²) in [7, 11) is -3.66. The Morgan fingerprint density at radius 1 is 1.30 bits per heavy atom. The minimum atomic E-state index is -3.66. The number of nitrogens with one attached hydrogen (secondary N) is 2. The fourth-order valence-corrected chi connectivity index (χ4v) is 2.68. The summed E-state index contributed by atoms with van der Waals surface area (Å²) in [6.45, 7) is 4.92. The molecule has 0 saturated carbocycles. The number of nitrogens with two attached hydrogens (primary N) is 1. The van der Waals surface area contributed by atoms with Crippen molar-refractivity contribution in [2.75, 3.05) is 6.54 Å². The number of aromatic nitrogens is 2. The molecule has 8 nitrogen and oxygen atoms in total. The molecule has 1 aromatic heterocycles. The number of benzene rings is 1. The average Bonchev–Trinajstić information content (AvgIpc) is 2.84. The molecule has 2 rings (SSSR count). The maximum atomic E-state index is 11.6. The van der Waals surface area contributed by atoms with Gasteiger partial charge in [0.05, 0.1) is 11.4 Å². The van der Waals surface area contributed by atoms with Crippen LogP contribution in [0.15, 0.2) is 38.5 Å². The number of hydrogen-bond donors (Lipinski definition) is 3. The van der Waals surface area contributed by atoms with Crippen LogP contribution in [0.25, 0.3) is 0 Å². The van der Waals surface area contributed by atoms with Crippen molar-refractivity contribution in [1.82, 2.24) is 10.6 Å². The van der Waals surface area contributed by atoms with E-state index >= 15 is 0 Å². The highest BCUT2D eigenvalue weighted by atomic mass is 32.2. The third-order valence-electron chi connectivity index (χ3n) is 3.41. The van der Waals surface area contributed by atoms with Crippen LogP contribution < -0.4 is 20.8 Å². The van der Waals surface area contributed by atoms with Crippen LogP contribution in [0.4, 0.5) is 0 Å². The van der Waals surface area contributed by atoms with Crippen molar-refractivity contribution in [2.45, 2.75) is 37.8 Å². The van der Waals surface area contributed by atoms with Crippen molar-refractivity contribution in [2.24, 2.45) is 5.14 Å². The highest BCUT2D eigenvalue weighted by molar-refractivity contribution is 7.89. The molecule has 0 fully saturated rings. The van der Waals surface area contributed by atoms with Crippen molar-refractivity contribution in [1.29, 1.82) is 0 Å². The van der Waals surface area contributed by atoms with E-state index in [4.69, 9.17) is 9.66 Å². The van der Waals surface area contributed by atoms with Gasteiger partial charge in [0, 0.05) is 0 Å². The van der Waals surface area contributed by atoms with Gasteiger partial charge in [0.2, 0.25) is 10.0 Å². The third kappa shape index (κ3) is 4.50. The van der Waals surface area contributed by atoms with Crippen LogP contribution in [0.5, 0.6) is 0 Å². The van der Waals surface area contributed by atoms with Gasteiger partial charge in [-0.3, -0.25) is 4.52 Å². The molecule has 2 aromatic rings. The second-order valence-electron chi connectivity index (χ2n) is 5.51. The summed E-state index contributed by atoms with van der Waals surface area (Å²) in [5.41, 5.74) is 1.12. The van der Waals surface area contributed by atoms with Gasteiger partial charge in [-0.15, -0.1) is 0 Å². The van der Waals surface area contributed by atoms with Crippen molar-refractivity contribution in [3.8, 4) is 0 Å². The van der Waals surface area contributed by atoms with Gasteiger partial charge >= 0.3 is 11.3 Å². The fourth-order valence-electron chi connectivity index (χ4n) is 2.16. The SMILES string of the molecule is CC(C)[n+]1[nH]oc(=O)c1CNCCc1ccc(S(N)(=O)=O)cc1. The lowest BCUT2D eigenvalue weighted by atomic mass is 10.1. The van der Waals surface area contributed by atoms with Crippen LogP contribution >= 0.6 is 0 Å². The molecule has 0 radical (unpaired) electrons. The first-order valence-corrected chi connectivity index (χ1v) is 8.78. The number of rotatable bonds is 7. The van der Waals surface area contributed by atoms with Crippen LogP contribution in [-0.4, -0.2) is 20.2 Å². The molecule has 0 aliphatic rings. The number of hydrogen-bond acceptors (Lipinski definition) is 5. The van der Waals surface area contributed by atoms with E-state index in [2.05, 4.69) is 10.6 Å². The zero-order valence-corrected chi connectivity index (χ0v) is 13.9. The molecule has 1 heterocycles. The highest BCUT2D eigenvalue weighted by Gasteiger charge is 2.22. The summed E-state index contributed by atoms with van der Waals surface area (Å²) in [4.78, 5) is 11.7. The first-order chi connectivity index (χ1) is 10.8. The summed E-state index contributed by atoms with van der Waals surface area (Å²) < 4.78 is 28.8. The van der Waals surface area contributed by atoms with E-state index in [1.807, 2.05) is 13.8 Å². The molecule has 0 amide bonds. The molecule has 0 spiro atoms. The molecule has 0 atom stereocenters. The van der Waals surface area contributed by atoms with Crippen LogP contribution in [0.2, 0.25) is 0 Å². The van der Waals surface area contributed by atoms with Gasteiger partial charge < -0.3 is 5.32 Å². The summed E-state index contributed by atoms with van der Waals surface area (Å²) in [5.74, 6) is 0. The maximum Gasteiger partial charge on any atom is 0.431 e. The third-order valence-corrected chi connectivity index (χ3v) is 4.34. The Kier molecular flexibility index (Phi) is 5.34. The van der Waals surface area contributed by atoms with Crippen molar-refractivity contribution in [3.05, 3.63) is 45.9 Å². The number of H-pyrrole nitrogens is 1. The minimum absolute atomic E-state index is 0.0946. The summed E-state index contributed by atoms with van der Waals surface area (Å²) in [5, 5.41) is 10.8. The van der Waals surface area contributed by atoms with Gasteiger partial charge in [0.15, 0.2) is 6.04 Å². The van der Waals surface area contributed by atoms with E-state index in [0.717, 1.165) is 5.56 Å². The Bertz CT molecular complexity index is 806. The van der Waals surface area contributed by atoms with Gasteiger partial charge in [-0.1, -0.05) is 16.8 Å². The number of nitrogens with zero attached hydrogens (tertiary/aromatic N) is 1. The lowest BCUT2D eigenvalue weighted by Crippen LogP contribution is -2.45. The molecule has 126 valence electrons. The van der Waals surface area contributed by atoms with E-state index in [9.17, 15) is 13.2 Å². The van der Waals surface area contributed by atoms with E-state index < -0.39 is 10.0 Å². The van der Waals surface area contributed by atoms with Crippen LogP contribution in [0.3, 0.4) is 0 Å². The smallest absolute Gasteiger partial charge is 0.307 e. The Morgan fingerprint density at radius 3 is 2.52 bits per heavy atom. The van der Waals surface area contributed by atoms with Crippen LogP contribution in [-0.2, 0) is 23.0 Å². The Labute approximate surface area is 134 Å². The first-order valence-electron chi connectivity index (χ1n) is 7.23. The lowest BCUT2D eigenvalue weighted by molar-refractivity contribution is -0.785. The van der Waals surface area contributed by atoms with Gasteiger partial charge in [0.1, 0.15) is 0 Å². The fraction of sp³-hybridized carbons (Fsp3) is 0.429. The molecule has 0 aliphatic carbocycles. The normalized spacial score (nSPS) is 12.0. The van der Waals surface area contributed by atoms with E-state index in [0.29, 0.717) is 25.2 Å². The van der Waals surface area contributed by atoms with Crippen molar-refractivity contribution < 1.29 is 17.6 Å². The maximum absolute atomic E-state index is 11.6. The number of primary sulfonamides is 1. The van der Waals surface area contributed by atoms with Crippen molar-refractivity contribution >= 4 is 10.0 Å². The highest BCUT2D eigenvalue weighted by Crippen LogP contribution is 2.08. The van der Waals surface area contributed by atoms with E-state index in [1.54, 1.807) is 16.8 Å². The van der Waals surface area contributed by atoms with Gasteiger partial charge in [-0.2, -0.15) is 0 Å². The largest absolute Gasteiger partial charge is 0.431 e. The molecular formula is C14H21N4O4S+. The number of sulfonamides is 1. The molecule has 0 saturated heterocycles. The van der Waals surface area contributed by atoms with E-state index in [-0.39, 0.29) is 16.6 Å². The Hall–Kier alpha value is -1.97. The molecule has 0 aliphatic heterocycles. The Morgan fingerprint density at radius 2 is 1.96 bits per heavy atom. The molecular weight excluding hydrogens is 320 g/mol. The summed E-state index contributed by atoms with van der Waals surface area (Å²) in [6, 6.07) is 6.51. The van der Waals surface area contributed by atoms with Gasteiger partial charge in [-0.05, 0) is 49.8 Å². The zero-order chi connectivity index (χ0) is 17.0. The quantitative estimate of drug-likeness (QED) is 0.476. The molecule has 4 N–H and O–H groups in total.